The van der Waals surface area contributed by atoms with Crippen LogP contribution >= 0.6 is 0 Å². The van der Waals surface area contributed by atoms with E-state index in [1.54, 1.807) is 29.2 Å². The minimum absolute atomic E-state index is 0.0401. The number of anilines is 1. The van der Waals surface area contributed by atoms with Gasteiger partial charge in [0, 0.05) is 37.9 Å². The van der Waals surface area contributed by atoms with E-state index in [9.17, 15) is 26.9 Å². The van der Waals surface area contributed by atoms with Crippen molar-refractivity contribution in [1.82, 2.24) is 23.9 Å². The Balaban J connectivity index is 1.40. The summed E-state index contributed by atoms with van der Waals surface area (Å²) >= 11 is 0. The number of hydrogen-bond donors (Lipinski definition) is 0. The maximum Gasteiger partial charge on any atom is 0.416 e. The topological polar surface area (TPSA) is 107 Å². The van der Waals surface area contributed by atoms with Gasteiger partial charge in [-0.1, -0.05) is 24.3 Å². The normalized spacial score (nSPS) is 15.2. The highest BCUT2D eigenvalue weighted by molar-refractivity contribution is 7.89. The number of sulfonamides is 1. The van der Waals surface area contributed by atoms with Gasteiger partial charge < -0.3 is 4.90 Å². The summed E-state index contributed by atoms with van der Waals surface area (Å²) in [5.41, 5.74) is -0.00401. The molecule has 0 spiro atoms. The molecule has 2 aromatic carbocycles. The number of halogens is 3. The molecule has 4 aromatic rings. The van der Waals surface area contributed by atoms with Crippen molar-refractivity contribution in [2.75, 3.05) is 31.1 Å². The third-order valence-electron chi connectivity index (χ3n) is 5.86. The summed E-state index contributed by atoms with van der Waals surface area (Å²) in [4.78, 5) is 10.3. The maximum absolute atomic E-state index is 13.2. The first-order valence-corrected chi connectivity index (χ1v) is 12.3. The zero-order chi connectivity index (χ0) is 25.5. The van der Waals surface area contributed by atoms with Gasteiger partial charge >= 0.3 is 6.18 Å². The van der Waals surface area contributed by atoms with Crippen LogP contribution in [0, 0.1) is 11.3 Å². The molecule has 0 aliphatic carbocycles. The van der Waals surface area contributed by atoms with Crippen molar-refractivity contribution < 1.29 is 21.6 Å². The number of aromatic nitrogens is 4. The fraction of sp³-hybridized carbons (Fsp3) is 0.217. The predicted octanol–water partition coefficient (Wildman–Crippen LogP) is 3.19. The average Bonchev–Trinajstić information content (AvgIpc) is 3.33. The van der Waals surface area contributed by atoms with Crippen LogP contribution < -0.4 is 4.90 Å². The number of fused-ring (bicyclic) bond motifs is 1. The molecule has 2 aromatic heterocycles. The Kier molecular flexibility index (Phi) is 5.85. The Morgan fingerprint density at radius 3 is 2.44 bits per heavy atom. The molecule has 0 amide bonds. The molecule has 3 heterocycles. The van der Waals surface area contributed by atoms with E-state index in [0.29, 0.717) is 11.3 Å². The quantitative estimate of drug-likeness (QED) is 0.413. The van der Waals surface area contributed by atoms with Gasteiger partial charge in [0.2, 0.25) is 16.0 Å². The molecule has 36 heavy (non-hydrogen) atoms. The molecule has 0 radical (unpaired) electrons. The molecule has 9 nitrogen and oxygen atoms in total. The van der Waals surface area contributed by atoms with Crippen molar-refractivity contribution in [3.05, 3.63) is 71.9 Å². The molecule has 0 saturated carbocycles. The van der Waals surface area contributed by atoms with Gasteiger partial charge in [0.05, 0.1) is 21.7 Å². The minimum Gasteiger partial charge on any atom is -0.337 e. The smallest absolute Gasteiger partial charge is 0.337 e. The Bertz CT molecular complexity index is 1590. The van der Waals surface area contributed by atoms with Crippen LogP contribution in [0.2, 0.25) is 0 Å². The first-order chi connectivity index (χ1) is 17.2. The molecule has 1 aliphatic heterocycles. The fourth-order valence-electron chi connectivity index (χ4n) is 4.04. The van der Waals surface area contributed by atoms with Crippen molar-refractivity contribution >= 4 is 21.7 Å². The first kappa shape index (κ1) is 23.7. The molecular formula is C23H18F3N7O2S. The van der Waals surface area contributed by atoms with Gasteiger partial charge in [0.25, 0.3) is 5.78 Å². The zero-order valence-corrected chi connectivity index (χ0v) is 19.4. The third-order valence-corrected chi connectivity index (χ3v) is 7.82. The third kappa shape index (κ3) is 4.25. The molecule has 1 saturated heterocycles. The standard InChI is InChI=1S/C23H18F3N7O2S/c24-23(25,26)18-6-3-5-16(14-18)19-8-9-28-21-29-22(30-33(19)21)31-10-12-32(13-11-31)36(34,35)20-7-2-1-4-17(20)15-27/h1-9,14H,10-13H2. The Labute approximate surface area is 204 Å². The largest absolute Gasteiger partial charge is 0.416 e. The van der Waals surface area contributed by atoms with E-state index in [0.717, 1.165) is 12.1 Å². The lowest BCUT2D eigenvalue weighted by atomic mass is 10.1. The van der Waals surface area contributed by atoms with Crippen molar-refractivity contribution in [2.24, 2.45) is 0 Å². The van der Waals surface area contributed by atoms with E-state index in [-0.39, 0.29) is 48.4 Å². The predicted molar refractivity (Wildman–Crippen MR) is 123 cm³/mol. The second-order valence-electron chi connectivity index (χ2n) is 8.03. The van der Waals surface area contributed by atoms with Crippen LogP contribution in [0.25, 0.3) is 17.0 Å². The summed E-state index contributed by atoms with van der Waals surface area (Å²) in [6.07, 6.45) is -3.04. The highest BCUT2D eigenvalue weighted by Gasteiger charge is 2.32. The SMILES string of the molecule is N#Cc1ccccc1S(=O)(=O)N1CCN(c2nc3nccc(-c4cccc(C(F)(F)F)c4)n3n2)CC1. The lowest BCUT2D eigenvalue weighted by molar-refractivity contribution is -0.137. The second kappa shape index (κ2) is 8.89. The monoisotopic (exact) mass is 513 g/mol. The summed E-state index contributed by atoms with van der Waals surface area (Å²) in [6.45, 7) is 0.852. The highest BCUT2D eigenvalue weighted by atomic mass is 32.2. The van der Waals surface area contributed by atoms with Gasteiger partial charge in [-0.2, -0.15) is 32.2 Å². The van der Waals surface area contributed by atoms with Crippen LogP contribution in [-0.2, 0) is 16.2 Å². The number of nitrogens with zero attached hydrogens (tertiary/aromatic N) is 7. The molecule has 13 heteroatoms. The van der Waals surface area contributed by atoms with Crippen molar-refractivity contribution in [1.29, 1.82) is 5.26 Å². The molecule has 1 aliphatic rings. The maximum atomic E-state index is 13.2. The van der Waals surface area contributed by atoms with E-state index in [2.05, 4.69) is 15.1 Å². The number of hydrogen-bond acceptors (Lipinski definition) is 7. The van der Waals surface area contributed by atoms with Gasteiger partial charge in [0.15, 0.2) is 0 Å². The first-order valence-electron chi connectivity index (χ1n) is 10.8. The summed E-state index contributed by atoms with van der Waals surface area (Å²) < 4.78 is 68.4. The Hall–Kier alpha value is -4.02. The minimum atomic E-state index is -4.48. The highest BCUT2D eigenvalue weighted by Crippen LogP contribution is 2.32. The van der Waals surface area contributed by atoms with E-state index < -0.39 is 21.8 Å². The van der Waals surface area contributed by atoms with Crippen LogP contribution in [-0.4, -0.2) is 58.5 Å². The fourth-order valence-corrected chi connectivity index (χ4v) is 5.61. The molecule has 0 unspecified atom stereocenters. The van der Waals surface area contributed by atoms with E-state index in [1.165, 1.54) is 33.2 Å². The van der Waals surface area contributed by atoms with Crippen LogP contribution in [0.4, 0.5) is 19.1 Å². The average molecular weight is 514 g/mol. The summed E-state index contributed by atoms with van der Waals surface area (Å²) in [7, 11) is -3.86. The van der Waals surface area contributed by atoms with E-state index in [4.69, 9.17) is 0 Å². The number of alkyl halides is 3. The van der Waals surface area contributed by atoms with Crippen LogP contribution in [0.3, 0.4) is 0 Å². The van der Waals surface area contributed by atoms with Crippen molar-refractivity contribution in [3.63, 3.8) is 0 Å². The lowest BCUT2D eigenvalue weighted by Crippen LogP contribution is -2.49. The molecule has 184 valence electrons. The van der Waals surface area contributed by atoms with Crippen LogP contribution in [0.1, 0.15) is 11.1 Å². The van der Waals surface area contributed by atoms with Crippen LogP contribution in [0.5, 0.6) is 0 Å². The molecular weight excluding hydrogens is 495 g/mol. The van der Waals surface area contributed by atoms with Gasteiger partial charge in [-0.05, 0) is 30.3 Å². The zero-order valence-electron chi connectivity index (χ0n) is 18.6. The van der Waals surface area contributed by atoms with Gasteiger partial charge in [0.1, 0.15) is 6.07 Å². The molecule has 1 fully saturated rings. The Morgan fingerprint density at radius 2 is 1.72 bits per heavy atom. The number of piperazine rings is 1. The number of benzene rings is 2. The van der Waals surface area contributed by atoms with E-state index in [1.807, 2.05) is 6.07 Å². The van der Waals surface area contributed by atoms with Gasteiger partial charge in [-0.25, -0.2) is 13.4 Å². The van der Waals surface area contributed by atoms with E-state index >= 15 is 0 Å². The molecule has 0 N–H and O–H groups in total. The van der Waals surface area contributed by atoms with Crippen molar-refractivity contribution in [3.8, 4) is 17.3 Å². The van der Waals surface area contributed by atoms with Gasteiger partial charge in [-0.3, -0.25) is 0 Å². The Morgan fingerprint density at radius 1 is 0.972 bits per heavy atom. The number of rotatable bonds is 4. The summed E-state index contributed by atoms with van der Waals surface area (Å²) in [6, 6.07) is 14.4. The van der Waals surface area contributed by atoms with Gasteiger partial charge in [-0.15, -0.1) is 5.10 Å². The summed E-state index contributed by atoms with van der Waals surface area (Å²) in [5, 5.41) is 13.7. The second-order valence-corrected chi connectivity index (χ2v) is 9.94. The van der Waals surface area contributed by atoms with Crippen molar-refractivity contribution in [2.45, 2.75) is 11.1 Å². The molecule has 5 rings (SSSR count). The molecule has 0 atom stereocenters. The number of nitriles is 1. The van der Waals surface area contributed by atoms with Crippen LogP contribution in [0.15, 0.2) is 65.7 Å². The summed E-state index contributed by atoms with van der Waals surface area (Å²) in [5.74, 6) is 0.495. The lowest BCUT2D eigenvalue weighted by Gasteiger charge is -2.33. The molecule has 0 bridgehead atoms.